The number of hydrogen-bond donors (Lipinski definition) is 2. The summed E-state index contributed by atoms with van der Waals surface area (Å²) in [5.74, 6) is -1.17. The van der Waals surface area contributed by atoms with Crippen molar-refractivity contribution in [3.63, 3.8) is 0 Å². The van der Waals surface area contributed by atoms with Gasteiger partial charge in [0.05, 0.1) is 23.5 Å². The van der Waals surface area contributed by atoms with Crippen molar-refractivity contribution >= 4 is 17.5 Å². The molecule has 2 atom stereocenters. The standard InChI is InChI=1S/C23H28F6N4O3/c1-30-18-5-3-2-4-17(18)20(35)33-8-6-21(32-36,7-9-33)13-19(34)31-16-11-14(22(24,25)26)10-15(12-16)23(27,28)29/h10-12,17-18,30H,2-9,13H2,1H3,(H,31,34). The Kier molecular flexibility index (Phi) is 8.31. The molecule has 0 spiro atoms. The van der Waals surface area contributed by atoms with Crippen molar-refractivity contribution in [2.45, 2.75) is 68.9 Å². The molecule has 1 aliphatic carbocycles. The van der Waals surface area contributed by atoms with Gasteiger partial charge in [-0.25, -0.2) is 0 Å². The van der Waals surface area contributed by atoms with Crippen LogP contribution in [0.15, 0.2) is 23.4 Å². The lowest BCUT2D eigenvalue weighted by molar-refractivity contribution is -0.143. The Morgan fingerprint density at radius 1 is 1.00 bits per heavy atom. The van der Waals surface area contributed by atoms with Crippen molar-refractivity contribution in [1.82, 2.24) is 10.2 Å². The van der Waals surface area contributed by atoms with Crippen LogP contribution in [0.4, 0.5) is 32.0 Å². The molecule has 0 bridgehead atoms. The molecule has 36 heavy (non-hydrogen) atoms. The number of rotatable bonds is 6. The summed E-state index contributed by atoms with van der Waals surface area (Å²) in [5.41, 5.74) is -5.23. The van der Waals surface area contributed by atoms with Gasteiger partial charge in [-0.3, -0.25) is 9.59 Å². The van der Waals surface area contributed by atoms with Crippen LogP contribution in [0.25, 0.3) is 0 Å². The minimum absolute atomic E-state index is 0.0399. The molecule has 0 aromatic heterocycles. The van der Waals surface area contributed by atoms with Gasteiger partial charge in [-0.05, 0) is 50.9 Å². The summed E-state index contributed by atoms with van der Waals surface area (Å²) in [4.78, 5) is 38.9. The molecule has 1 saturated heterocycles. The van der Waals surface area contributed by atoms with E-state index in [1.54, 1.807) is 11.9 Å². The predicted octanol–water partition coefficient (Wildman–Crippen LogP) is 4.96. The molecular weight excluding hydrogens is 494 g/mol. The zero-order valence-corrected chi connectivity index (χ0v) is 19.6. The van der Waals surface area contributed by atoms with Crippen LogP contribution in [-0.2, 0) is 21.9 Å². The summed E-state index contributed by atoms with van der Waals surface area (Å²) < 4.78 is 78.4. The number of piperidine rings is 1. The van der Waals surface area contributed by atoms with E-state index in [2.05, 4.69) is 10.5 Å². The highest BCUT2D eigenvalue weighted by molar-refractivity contribution is 5.92. The van der Waals surface area contributed by atoms with Gasteiger partial charge in [-0.15, -0.1) is 0 Å². The molecule has 2 N–H and O–H groups in total. The Morgan fingerprint density at radius 3 is 2.06 bits per heavy atom. The van der Waals surface area contributed by atoms with Crippen molar-refractivity contribution in [1.29, 1.82) is 0 Å². The fourth-order valence-electron chi connectivity index (χ4n) is 4.98. The van der Waals surface area contributed by atoms with E-state index in [-0.39, 0.29) is 49.9 Å². The van der Waals surface area contributed by atoms with Crippen LogP contribution in [0, 0.1) is 10.8 Å². The zero-order valence-electron chi connectivity index (χ0n) is 19.6. The first-order valence-corrected chi connectivity index (χ1v) is 11.7. The Balaban J connectivity index is 1.67. The van der Waals surface area contributed by atoms with E-state index < -0.39 is 47.0 Å². The van der Waals surface area contributed by atoms with Crippen LogP contribution in [0.5, 0.6) is 0 Å². The molecular formula is C23H28F6N4O3. The third-order valence-electron chi connectivity index (χ3n) is 7.01. The van der Waals surface area contributed by atoms with E-state index in [4.69, 9.17) is 0 Å². The van der Waals surface area contributed by atoms with Crippen molar-refractivity contribution in [3.8, 4) is 0 Å². The Morgan fingerprint density at radius 2 is 1.56 bits per heavy atom. The number of amides is 2. The van der Waals surface area contributed by atoms with Crippen molar-refractivity contribution in [2.75, 3.05) is 25.5 Å². The summed E-state index contributed by atoms with van der Waals surface area (Å²) >= 11 is 0. The number of carbonyl (C=O) groups excluding carboxylic acids is 2. The van der Waals surface area contributed by atoms with E-state index in [0.717, 1.165) is 25.7 Å². The predicted molar refractivity (Wildman–Crippen MR) is 119 cm³/mol. The number of alkyl halides is 6. The molecule has 1 saturated carbocycles. The van der Waals surface area contributed by atoms with Crippen LogP contribution in [0.2, 0.25) is 0 Å². The van der Waals surface area contributed by atoms with Gasteiger partial charge in [-0.2, -0.15) is 31.2 Å². The number of nitrogens with one attached hydrogen (secondary N) is 2. The number of nitrogens with zero attached hydrogens (tertiary/aromatic N) is 2. The molecule has 1 aromatic rings. The molecule has 2 aliphatic rings. The first-order chi connectivity index (χ1) is 16.8. The van der Waals surface area contributed by atoms with E-state index in [0.29, 0.717) is 12.1 Å². The minimum atomic E-state index is -5.06. The number of benzene rings is 1. The van der Waals surface area contributed by atoms with Gasteiger partial charge in [0.2, 0.25) is 11.8 Å². The fourth-order valence-corrected chi connectivity index (χ4v) is 4.98. The maximum absolute atomic E-state index is 13.1. The van der Waals surface area contributed by atoms with Crippen LogP contribution < -0.4 is 10.6 Å². The van der Waals surface area contributed by atoms with Gasteiger partial charge in [0, 0.05) is 24.8 Å². The number of likely N-dealkylation sites (tertiary alicyclic amines) is 1. The molecule has 200 valence electrons. The van der Waals surface area contributed by atoms with Crippen molar-refractivity contribution in [3.05, 3.63) is 34.2 Å². The van der Waals surface area contributed by atoms with E-state index in [1.165, 1.54) is 0 Å². The highest BCUT2D eigenvalue weighted by Crippen LogP contribution is 2.38. The van der Waals surface area contributed by atoms with Gasteiger partial charge in [0.15, 0.2) is 0 Å². The third kappa shape index (κ3) is 6.54. The maximum atomic E-state index is 13.1. The highest BCUT2D eigenvalue weighted by Gasteiger charge is 2.42. The Bertz CT molecular complexity index is 941. The number of nitroso groups, excluding NO2 is 1. The Labute approximate surface area is 203 Å². The number of carbonyl (C=O) groups is 2. The van der Waals surface area contributed by atoms with E-state index in [9.17, 15) is 40.8 Å². The van der Waals surface area contributed by atoms with Crippen LogP contribution in [0.3, 0.4) is 0 Å². The van der Waals surface area contributed by atoms with Gasteiger partial charge in [0.1, 0.15) is 5.54 Å². The molecule has 13 heteroatoms. The van der Waals surface area contributed by atoms with Gasteiger partial charge in [-0.1, -0.05) is 18.0 Å². The van der Waals surface area contributed by atoms with E-state index in [1.807, 2.05) is 5.32 Å². The number of hydrogen-bond acceptors (Lipinski definition) is 5. The topological polar surface area (TPSA) is 90.9 Å². The lowest BCUT2D eigenvalue weighted by Crippen LogP contribution is -2.52. The summed E-state index contributed by atoms with van der Waals surface area (Å²) in [6.07, 6.45) is -6.94. The molecule has 2 unspecified atom stereocenters. The van der Waals surface area contributed by atoms with Crippen LogP contribution >= 0.6 is 0 Å². The first kappa shape index (κ1) is 27.9. The smallest absolute Gasteiger partial charge is 0.342 e. The van der Waals surface area contributed by atoms with Crippen LogP contribution in [0.1, 0.15) is 56.1 Å². The second kappa shape index (κ2) is 10.7. The van der Waals surface area contributed by atoms with Gasteiger partial charge >= 0.3 is 12.4 Å². The molecule has 0 radical (unpaired) electrons. The zero-order chi connectivity index (χ0) is 26.7. The highest BCUT2D eigenvalue weighted by atomic mass is 19.4. The molecule has 2 fully saturated rings. The van der Waals surface area contributed by atoms with Gasteiger partial charge in [0.25, 0.3) is 0 Å². The molecule has 7 nitrogen and oxygen atoms in total. The monoisotopic (exact) mass is 522 g/mol. The fraction of sp³-hybridized carbons (Fsp3) is 0.652. The van der Waals surface area contributed by atoms with Crippen LogP contribution in [-0.4, -0.2) is 48.4 Å². The average Bonchev–Trinajstić information content (AvgIpc) is 2.82. The summed E-state index contributed by atoms with van der Waals surface area (Å²) in [6.45, 7) is 0.346. The summed E-state index contributed by atoms with van der Waals surface area (Å²) in [6, 6.07) is 0.819. The summed E-state index contributed by atoms with van der Waals surface area (Å²) in [7, 11) is 1.80. The molecule has 1 aliphatic heterocycles. The second-order valence-electron chi connectivity index (χ2n) is 9.45. The normalized spacial score (nSPS) is 22.7. The lowest BCUT2D eigenvalue weighted by Gasteiger charge is -2.40. The minimum Gasteiger partial charge on any atom is -0.342 e. The van der Waals surface area contributed by atoms with Crippen molar-refractivity contribution in [2.24, 2.45) is 11.1 Å². The molecule has 1 heterocycles. The quantitative estimate of drug-likeness (QED) is 0.408. The molecule has 3 rings (SSSR count). The van der Waals surface area contributed by atoms with Crippen molar-refractivity contribution < 1.29 is 35.9 Å². The average molecular weight is 522 g/mol. The maximum Gasteiger partial charge on any atom is 0.416 e. The Hall–Kier alpha value is -2.70. The second-order valence-corrected chi connectivity index (χ2v) is 9.45. The lowest BCUT2D eigenvalue weighted by atomic mass is 9.81. The van der Waals surface area contributed by atoms with Gasteiger partial charge < -0.3 is 15.5 Å². The SMILES string of the molecule is CNC1CCCCC1C(=O)N1CCC(CC(=O)Nc2cc(C(F)(F)F)cc(C(F)(F)F)c2)(N=O)CC1. The summed E-state index contributed by atoms with van der Waals surface area (Å²) in [5, 5.41) is 8.30. The number of anilines is 1. The molecule has 1 aromatic carbocycles. The third-order valence-corrected chi connectivity index (χ3v) is 7.01. The largest absolute Gasteiger partial charge is 0.416 e. The first-order valence-electron chi connectivity index (χ1n) is 11.7. The van der Waals surface area contributed by atoms with E-state index >= 15 is 0 Å². The number of halogens is 6. The molecule has 2 amide bonds.